The predicted octanol–water partition coefficient (Wildman–Crippen LogP) is 9.67. The molecule has 3 nitrogen and oxygen atoms in total. The van der Waals surface area contributed by atoms with E-state index in [1.165, 1.54) is 21.9 Å². The maximum atomic E-state index is 5.19. The lowest BCUT2D eigenvalue weighted by atomic mass is 9.96. The van der Waals surface area contributed by atoms with Crippen molar-refractivity contribution in [1.82, 2.24) is 0 Å². The fourth-order valence-corrected chi connectivity index (χ4v) is 5.58. The van der Waals surface area contributed by atoms with Crippen LogP contribution < -0.4 is 9.91 Å². The van der Waals surface area contributed by atoms with Gasteiger partial charge in [-0.25, -0.2) is 0 Å². The second kappa shape index (κ2) is 10.5. The first-order valence-electron chi connectivity index (χ1n) is 13.7. The van der Waals surface area contributed by atoms with E-state index in [9.17, 15) is 0 Å². The predicted molar refractivity (Wildman–Crippen MR) is 168 cm³/mol. The molecule has 0 amide bonds. The molecule has 40 heavy (non-hydrogen) atoms. The Labute approximate surface area is 235 Å². The van der Waals surface area contributed by atoms with Crippen LogP contribution in [-0.4, -0.2) is 5.71 Å². The van der Waals surface area contributed by atoms with Gasteiger partial charge >= 0.3 is 0 Å². The summed E-state index contributed by atoms with van der Waals surface area (Å²) in [6, 6.07) is 55.8. The van der Waals surface area contributed by atoms with Crippen LogP contribution in [0.3, 0.4) is 0 Å². The van der Waals surface area contributed by atoms with Crippen LogP contribution in [-0.2, 0) is 0 Å². The zero-order valence-electron chi connectivity index (χ0n) is 22.1. The van der Waals surface area contributed by atoms with Crippen LogP contribution in [0.15, 0.2) is 163 Å². The van der Waals surface area contributed by atoms with Crippen molar-refractivity contribution in [3.05, 3.63) is 169 Å². The number of para-hydroxylation sites is 3. The van der Waals surface area contributed by atoms with E-state index in [1.54, 1.807) is 0 Å². The third-order valence-corrected chi connectivity index (χ3v) is 7.58. The number of fused-ring (bicyclic) bond motifs is 1. The molecule has 0 saturated heterocycles. The molecule has 1 aliphatic heterocycles. The van der Waals surface area contributed by atoms with Crippen molar-refractivity contribution in [2.75, 3.05) is 9.91 Å². The Morgan fingerprint density at radius 3 is 1.73 bits per heavy atom. The molecular weight excluding hydrogens is 486 g/mol. The smallest absolute Gasteiger partial charge is 0.0831 e. The average Bonchev–Trinajstić information content (AvgIpc) is 3.49. The highest BCUT2D eigenvalue weighted by Gasteiger charge is 2.30. The number of nitrogens with zero attached hydrogens (tertiary/aromatic N) is 3. The zero-order chi connectivity index (χ0) is 26.7. The minimum Gasteiger partial charge on any atom is -0.311 e. The van der Waals surface area contributed by atoms with Gasteiger partial charge in [0.05, 0.1) is 17.4 Å². The number of benzene rings is 6. The standard InChI is InChI=1S/C37H29N3/c1-4-14-32(15-5-1)39(33-16-6-2-7-17-33)34-24-22-29(23-25-34)37-27-36(38-40(37)35-18-8-3-9-19-35)31-21-20-28-12-10-11-13-30(28)26-31/h1-26,37H,27H2. The van der Waals surface area contributed by atoms with Crippen molar-refractivity contribution in [1.29, 1.82) is 0 Å². The summed E-state index contributed by atoms with van der Waals surface area (Å²) < 4.78 is 0. The van der Waals surface area contributed by atoms with Gasteiger partial charge in [0.1, 0.15) is 0 Å². The summed E-state index contributed by atoms with van der Waals surface area (Å²) in [7, 11) is 0. The quantitative estimate of drug-likeness (QED) is 0.220. The van der Waals surface area contributed by atoms with Gasteiger partial charge in [-0.05, 0) is 76.5 Å². The number of rotatable bonds is 6. The third kappa shape index (κ3) is 4.63. The fourth-order valence-electron chi connectivity index (χ4n) is 5.58. The van der Waals surface area contributed by atoms with Crippen LogP contribution in [0.5, 0.6) is 0 Å². The first-order valence-corrected chi connectivity index (χ1v) is 13.7. The summed E-state index contributed by atoms with van der Waals surface area (Å²) in [4.78, 5) is 2.30. The summed E-state index contributed by atoms with van der Waals surface area (Å²) in [5.41, 5.74) is 8.03. The molecule has 1 unspecified atom stereocenters. The summed E-state index contributed by atoms with van der Waals surface area (Å²) in [5.74, 6) is 0. The van der Waals surface area contributed by atoms with Gasteiger partial charge in [0.25, 0.3) is 0 Å². The van der Waals surface area contributed by atoms with Gasteiger partial charge in [-0.2, -0.15) is 5.10 Å². The Balaban J connectivity index is 1.25. The van der Waals surface area contributed by atoms with Gasteiger partial charge in [0.15, 0.2) is 0 Å². The SMILES string of the molecule is c1ccc(N(c2ccccc2)c2ccc(C3CC(c4ccc5ccccc5c4)=NN3c3ccccc3)cc2)cc1. The lowest BCUT2D eigenvalue weighted by molar-refractivity contribution is 0.709. The van der Waals surface area contributed by atoms with Crippen LogP contribution in [0.2, 0.25) is 0 Å². The Bertz CT molecular complexity index is 1720. The molecule has 192 valence electrons. The van der Waals surface area contributed by atoms with E-state index in [0.717, 1.165) is 34.9 Å². The molecule has 3 heteroatoms. The van der Waals surface area contributed by atoms with Crippen LogP contribution >= 0.6 is 0 Å². The van der Waals surface area contributed by atoms with Crippen molar-refractivity contribution in [3.8, 4) is 0 Å². The van der Waals surface area contributed by atoms with Gasteiger partial charge in [-0.3, -0.25) is 5.01 Å². The van der Waals surface area contributed by atoms with Gasteiger partial charge < -0.3 is 4.90 Å². The normalized spacial score (nSPS) is 14.8. The van der Waals surface area contributed by atoms with Gasteiger partial charge in [-0.15, -0.1) is 0 Å². The highest BCUT2D eigenvalue weighted by atomic mass is 15.5. The van der Waals surface area contributed by atoms with E-state index in [1.807, 2.05) is 0 Å². The van der Waals surface area contributed by atoms with Gasteiger partial charge in [0.2, 0.25) is 0 Å². The number of hydrazone groups is 1. The molecule has 0 N–H and O–H groups in total. The maximum Gasteiger partial charge on any atom is 0.0831 e. The Morgan fingerprint density at radius 2 is 1.07 bits per heavy atom. The molecule has 0 saturated carbocycles. The minimum atomic E-state index is 0.111. The molecule has 0 aromatic heterocycles. The molecule has 1 aliphatic rings. The fraction of sp³-hybridized carbons (Fsp3) is 0.0541. The van der Waals surface area contributed by atoms with Crippen LogP contribution in [0.4, 0.5) is 22.7 Å². The first-order chi connectivity index (χ1) is 19.8. The van der Waals surface area contributed by atoms with E-state index in [2.05, 4.69) is 168 Å². The first kappa shape index (κ1) is 23.9. The molecular formula is C37H29N3. The zero-order valence-corrected chi connectivity index (χ0v) is 22.1. The van der Waals surface area contributed by atoms with Crippen LogP contribution in [0.1, 0.15) is 23.6 Å². The van der Waals surface area contributed by atoms with Gasteiger partial charge in [-0.1, -0.05) is 103 Å². The van der Waals surface area contributed by atoms with E-state index in [-0.39, 0.29) is 6.04 Å². The molecule has 6 aromatic carbocycles. The third-order valence-electron chi connectivity index (χ3n) is 7.58. The topological polar surface area (TPSA) is 18.8 Å². The van der Waals surface area contributed by atoms with Crippen molar-refractivity contribution in [3.63, 3.8) is 0 Å². The largest absolute Gasteiger partial charge is 0.311 e. The number of hydrogen-bond donors (Lipinski definition) is 0. The summed E-state index contributed by atoms with van der Waals surface area (Å²) in [6.45, 7) is 0. The molecule has 1 heterocycles. The molecule has 1 atom stereocenters. The number of hydrogen-bond acceptors (Lipinski definition) is 3. The molecule has 0 spiro atoms. The van der Waals surface area contributed by atoms with Crippen molar-refractivity contribution < 1.29 is 0 Å². The number of anilines is 4. The van der Waals surface area contributed by atoms with E-state index in [0.29, 0.717) is 0 Å². The van der Waals surface area contributed by atoms with Crippen LogP contribution in [0, 0.1) is 0 Å². The second-order valence-corrected chi connectivity index (χ2v) is 10.1. The van der Waals surface area contributed by atoms with Crippen molar-refractivity contribution in [2.45, 2.75) is 12.5 Å². The molecule has 0 radical (unpaired) electrons. The summed E-state index contributed by atoms with van der Waals surface area (Å²) in [6.07, 6.45) is 0.841. The van der Waals surface area contributed by atoms with Gasteiger partial charge in [0, 0.05) is 23.5 Å². The molecule has 7 rings (SSSR count). The molecule has 0 bridgehead atoms. The Kier molecular flexibility index (Phi) is 6.31. The Morgan fingerprint density at radius 1 is 0.525 bits per heavy atom. The van der Waals surface area contributed by atoms with E-state index >= 15 is 0 Å². The Hall–Kier alpha value is -5.15. The molecule has 0 fully saturated rings. The van der Waals surface area contributed by atoms with Crippen molar-refractivity contribution >= 4 is 39.2 Å². The maximum absolute atomic E-state index is 5.19. The highest BCUT2D eigenvalue weighted by molar-refractivity contribution is 6.05. The van der Waals surface area contributed by atoms with Crippen LogP contribution in [0.25, 0.3) is 10.8 Å². The second-order valence-electron chi connectivity index (χ2n) is 10.1. The highest BCUT2D eigenvalue weighted by Crippen LogP contribution is 2.39. The minimum absolute atomic E-state index is 0.111. The molecule has 0 aliphatic carbocycles. The molecule has 6 aromatic rings. The summed E-state index contributed by atoms with van der Waals surface area (Å²) >= 11 is 0. The monoisotopic (exact) mass is 515 g/mol. The lowest BCUT2D eigenvalue weighted by Gasteiger charge is -2.27. The van der Waals surface area contributed by atoms with E-state index < -0.39 is 0 Å². The average molecular weight is 516 g/mol. The van der Waals surface area contributed by atoms with Crippen molar-refractivity contribution in [2.24, 2.45) is 5.10 Å². The summed E-state index contributed by atoms with van der Waals surface area (Å²) in [5, 5.41) is 9.86. The van der Waals surface area contributed by atoms with E-state index in [4.69, 9.17) is 5.10 Å². The lowest BCUT2D eigenvalue weighted by Crippen LogP contribution is -2.18.